The summed E-state index contributed by atoms with van der Waals surface area (Å²) in [5.74, 6) is 0.254. The van der Waals surface area contributed by atoms with E-state index in [1.54, 1.807) is 6.07 Å². The molecule has 0 bridgehead atoms. The smallest absolute Gasteiger partial charge is 0.234 e. The SMILES string of the molecule is Cc1nnc(SCC(=O)Nc2ccc(N)cc2C)s1. The molecule has 100 valence electrons. The van der Waals surface area contributed by atoms with E-state index in [1.165, 1.54) is 23.1 Å². The molecule has 1 aromatic carbocycles. The average Bonchev–Trinajstić information content (AvgIpc) is 2.76. The number of nitrogens with one attached hydrogen (secondary N) is 1. The van der Waals surface area contributed by atoms with Crippen molar-refractivity contribution in [1.82, 2.24) is 10.2 Å². The molecule has 0 atom stereocenters. The summed E-state index contributed by atoms with van der Waals surface area (Å²) in [6.07, 6.45) is 0. The molecule has 0 saturated heterocycles. The van der Waals surface area contributed by atoms with Crippen LogP contribution in [-0.4, -0.2) is 21.9 Å². The predicted molar refractivity (Wildman–Crippen MR) is 79.6 cm³/mol. The fourth-order valence-electron chi connectivity index (χ4n) is 1.48. The average molecular weight is 294 g/mol. The van der Waals surface area contributed by atoms with Gasteiger partial charge >= 0.3 is 0 Å². The second-order valence-electron chi connectivity index (χ2n) is 4.00. The molecule has 2 aromatic rings. The summed E-state index contributed by atoms with van der Waals surface area (Å²) in [5.41, 5.74) is 8.09. The molecular formula is C12H14N4OS2. The number of aromatic nitrogens is 2. The molecule has 0 fully saturated rings. The highest BCUT2D eigenvalue weighted by atomic mass is 32.2. The Kier molecular flexibility index (Phi) is 4.39. The Morgan fingerprint density at radius 1 is 1.42 bits per heavy atom. The lowest BCUT2D eigenvalue weighted by molar-refractivity contribution is -0.113. The van der Waals surface area contributed by atoms with E-state index in [-0.39, 0.29) is 5.91 Å². The lowest BCUT2D eigenvalue weighted by Gasteiger charge is -2.08. The predicted octanol–water partition coefficient (Wildman–Crippen LogP) is 2.47. The number of nitrogens with zero attached hydrogens (tertiary/aromatic N) is 2. The van der Waals surface area contributed by atoms with E-state index < -0.39 is 0 Å². The Morgan fingerprint density at radius 2 is 2.21 bits per heavy atom. The highest BCUT2D eigenvalue weighted by Gasteiger charge is 2.08. The lowest BCUT2D eigenvalue weighted by atomic mass is 10.2. The Bertz CT molecular complexity index is 597. The number of nitrogen functional groups attached to an aromatic ring is 1. The van der Waals surface area contributed by atoms with Crippen molar-refractivity contribution in [3.05, 3.63) is 28.8 Å². The van der Waals surface area contributed by atoms with E-state index in [9.17, 15) is 4.79 Å². The van der Waals surface area contributed by atoms with Crippen molar-refractivity contribution in [3.8, 4) is 0 Å². The third-order valence-electron chi connectivity index (χ3n) is 2.36. The summed E-state index contributed by atoms with van der Waals surface area (Å²) >= 11 is 2.87. The topological polar surface area (TPSA) is 80.9 Å². The number of anilines is 2. The first-order chi connectivity index (χ1) is 9.04. The first-order valence-electron chi connectivity index (χ1n) is 5.63. The number of hydrogen-bond donors (Lipinski definition) is 2. The van der Waals surface area contributed by atoms with E-state index in [1.807, 2.05) is 26.0 Å². The third-order valence-corrected chi connectivity index (χ3v) is 4.33. The van der Waals surface area contributed by atoms with Gasteiger partial charge in [-0.2, -0.15) is 0 Å². The second-order valence-corrected chi connectivity index (χ2v) is 6.40. The van der Waals surface area contributed by atoms with Crippen LogP contribution >= 0.6 is 23.1 Å². The van der Waals surface area contributed by atoms with Gasteiger partial charge in [0.1, 0.15) is 5.01 Å². The molecule has 5 nitrogen and oxygen atoms in total. The van der Waals surface area contributed by atoms with E-state index in [4.69, 9.17) is 5.73 Å². The Balaban J connectivity index is 1.90. The number of amides is 1. The molecule has 0 aliphatic rings. The maximum Gasteiger partial charge on any atom is 0.234 e. The van der Waals surface area contributed by atoms with Crippen molar-refractivity contribution < 1.29 is 4.79 Å². The normalized spacial score (nSPS) is 10.4. The van der Waals surface area contributed by atoms with Gasteiger partial charge in [-0.05, 0) is 37.6 Å². The number of hydrogen-bond acceptors (Lipinski definition) is 6. The molecule has 7 heteroatoms. The van der Waals surface area contributed by atoms with Crippen LogP contribution in [0.1, 0.15) is 10.6 Å². The van der Waals surface area contributed by atoms with E-state index in [2.05, 4.69) is 15.5 Å². The van der Waals surface area contributed by atoms with Gasteiger partial charge in [0.25, 0.3) is 0 Å². The zero-order valence-corrected chi connectivity index (χ0v) is 12.3. The number of thioether (sulfide) groups is 1. The van der Waals surface area contributed by atoms with Gasteiger partial charge in [-0.1, -0.05) is 23.1 Å². The highest BCUT2D eigenvalue weighted by molar-refractivity contribution is 8.01. The fraction of sp³-hybridized carbons (Fsp3) is 0.250. The standard InChI is InChI=1S/C12H14N4OS2/c1-7-5-9(13)3-4-10(7)14-11(17)6-18-12-16-15-8(2)19-12/h3-5H,6,13H2,1-2H3,(H,14,17). The largest absolute Gasteiger partial charge is 0.399 e. The monoisotopic (exact) mass is 294 g/mol. The summed E-state index contributed by atoms with van der Waals surface area (Å²) < 4.78 is 0.807. The molecule has 2 rings (SSSR count). The minimum Gasteiger partial charge on any atom is -0.399 e. The maximum atomic E-state index is 11.8. The molecule has 19 heavy (non-hydrogen) atoms. The van der Waals surface area contributed by atoms with Gasteiger partial charge in [-0.3, -0.25) is 4.79 Å². The van der Waals surface area contributed by atoms with Gasteiger partial charge in [-0.15, -0.1) is 10.2 Å². The van der Waals surface area contributed by atoms with Gasteiger partial charge in [0.05, 0.1) is 5.75 Å². The highest BCUT2D eigenvalue weighted by Crippen LogP contribution is 2.22. The van der Waals surface area contributed by atoms with Crippen molar-refractivity contribution in [2.24, 2.45) is 0 Å². The quantitative estimate of drug-likeness (QED) is 0.669. The number of rotatable bonds is 4. The van der Waals surface area contributed by atoms with Crippen molar-refractivity contribution in [3.63, 3.8) is 0 Å². The van der Waals surface area contributed by atoms with Crippen LogP contribution in [0.2, 0.25) is 0 Å². The summed E-state index contributed by atoms with van der Waals surface area (Å²) in [4.78, 5) is 11.8. The number of benzene rings is 1. The minimum atomic E-state index is -0.0641. The number of carbonyl (C=O) groups is 1. The van der Waals surface area contributed by atoms with Crippen molar-refractivity contribution in [2.75, 3.05) is 16.8 Å². The van der Waals surface area contributed by atoms with Crippen LogP contribution < -0.4 is 11.1 Å². The number of carbonyl (C=O) groups excluding carboxylic acids is 1. The zero-order chi connectivity index (χ0) is 13.8. The van der Waals surface area contributed by atoms with Crippen molar-refractivity contribution in [2.45, 2.75) is 18.2 Å². The molecule has 0 aliphatic heterocycles. The molecule has 0 spiro atoms. The van der Waals surface area contributed by atoms with Crippen LogP contribution in [0.25, 0.3) is 0 Å². The van der Waals surface area contributed by atoms with E-state index in [0.717, 1.165) is 20.6 Å². The van der Waals surface area contributed by atoms with Gasteiger partial charge in [0, 0.05) is 11.4 Å². The van der Waals surface area contributed by atoms with Crippen LogP contribution in [0.5, 0.6) is 0 Å². The Morgan fingerprint density at radius 3 is 2.84 bits per heavy atom. The van der Waals surface area contributed by atoms with Gasteiger partial charge < -0.3 is 11.1 Å². The Hall–Kier alpha value is -1.60. The Labute approximate surface area is 119 Å². The second kappa shape index (κ2) is 6.03. The van der Waals surface area contributed by atoms with Crippen molar-refractivity contribution >= 4 is 40.4 Å². The molecule has 1 aromatic heterocycles. The molecule has 0 aliphatic carbocycles. The van der Waals surface area contributed by atoms with Crippen molar-refractivity contribution in [1.29, 1.82) is 0 Å². The van der Waals surface area contributed by atoms with Crippen LogP contribution in [0, 0.1) is 13.8 Å². The molecule has 1 amide bonds. The van der Waals surface area contributed by atoms with E-state index in [0.29, 0.717) is 11.4 Å². The first-order valence-corrected chi connectivity index (χ1v) is 7.43. The first kappa shape index (κ1) is 13.8. The molecular weight excluding hydrogens is 280 g/mol. The summed E-state index contributed by atoms with van der Waals surface area (Å²) in [6.45, 7) is 3.80. The molecule has 1 heterocycles. The molecule has 0 saturated carbocycles. The van der Waals surface area contributed by atoms with Crippen LogP contribution in [0.4, 0.5) is 11.4 Å². The third kappa shape index (κ3) is 3.93. The van der Waals surface area contributed by atoms with E-state index >= 15 is 0 Å². The fourth-order valence-corrected chi connectivity index (χ4v) is 3.09. The lowest BCUT2D eigenvalue weighted by Crippen LogP contribution is -2.14. The molecule has 0 unspecified atom stereocenters. The van der Waals surface area contributed by atoms with Crippen LogP contribution in [0.3, 0.4) is 0 Å². The van der Waals surface area contributed by atoms with Gasteiger partial charge in [0.2, 0.25) is 5.91 Å². The number of nitrogens with two attached hydrogens (primary N) is 1. The zero-order valence-electron chi connectivity index (χ0n) is 10.6. The summed E-state index contributed by atoms with van der Waals surface area (Å²) in [5, 5.41) is 11.6. The van der Waals surface area contributed by atoms with Crippen LogP contribution in [0.15, 0.2) is 22.5 Å². The maximum absolute atomic E-state index is 11.8. The van der Waals surface area contributed by atoms with Crippen LogP contribution in [-0.2, 0) is 4.79 Å². The minimum absolute atomic E-state index is 0.0641. The summed E-state index contributed by atoms with van der Waals surface area (Å²) in [6, 6.07) is 5.41. The summed E-state index contributed by atoms with van der Waals surface area (Å²) in [7, 11) is 0. The van der Waals surface area contributed by atoms with Gasteiger partial charge in [-0.25, -0.2) is 0 Å². The number of aryl methyl sites for hydroxylation is 2. The van der Waals surface area contributed by atoms with Gasteiger partial charge in [0.15, 0.2) is 4.34 Å². The molecule has 0 radical (unpaired) electrons. The molecule has 3 N–H and O–H groups in total.